The Labute approximate surface area is 144 Å². The van der Waals surface area contributed by atoms with Crippen LogP contribution in [0, 0.1) is 0 Å². The van der Waals surface area contributed by atoms with Crippen LogP contribution >= 0.6 is 0 Å². The molecule has 0 radical (unpaired) electrons. The summed E-state index contributed by atoms with van der Waals surface area (Å²) in [5, 5.41) is 9.81. The maximum atomic E-state index is 9.81. The number of likely N-dealkylation sites (tertiary alicyclic amines) is 1. The standard InChI is InChI=1S/C19H28N4O/c1-14(2)16-5-3-15(4-6-16)11-19(12-21-18(20)22-13-19)23-9-7-17(24)8-10-23/h3-6,12-14,17-18,24H,7-11,20H2,1-2H3. The second-order valence-corrected chi connectivity index (χ2v) is 7.25. The Bertz CT molecular complexity index is 586. The van der Waals surface area contributed by atoms with Gasteiger partial charge in [0.25, 0.3) is 0 Å². The minimum absolute atomic E-state index is 0.191. The monoisotopic (exact) mass is 328 g/mol. The number of hydrogen-bond acceptors (Lipinski definition) is 5. The normalized spacial score (nSPS) is 28.6. The van der Waals surface area contributed by atoms with Crippen molar-refractivity contribution in [3.63, 3.8) is 0 Å². The Morgan fingerprint density at radius 1 is 1.17 bits per heavy atom. The van der Waals surface area contributed by atoms with Gasteiger partial charge < -0.3 is 5.11 Å². The molecule has 2 aliphatic rings. The number of piperidine rings is 1. The van der Waals surface area contributed by atoms with Gasteiger partial charge in [0, 0.05) is 31.9 Å². The molecule has 1 saturated heterocycles. The Balaban J connectivity index is 1.83. The lowest BCUT2D eigenvalue weighted by molar-refractivity contribution is 0.0632. The number of hydrogen-bond donors (Lipinski definition) is 2. The zero-order valence-electron chi connectivity index (χ0n) is 14.6. The third kappa shape index (κ3) is 3.74. The number of aliphatic hydroxyl groups is 1. The van der Waals surface area contributed by atoms with E-state index in [2.05, 4.69) is 53.0 Å². The van der Waals surface area contributed by atoms with Crippen molar-refractivity contribution < 1.29 is 5.11 Å². The van der Waals surface area contributed by atoms with E-state index >= 15 is 0 Å². The van der Waals surface area contributed by atoms with Crippen LogP contribution in [-0.4, -0.2) is 53.5 Å². The highest BCUT2D eigenvalue weighted by molar-refractivity contribution is 5.96. The Morgan fingerprint density at radius 2 is 1.75 bits per heavy atom. The molecule has 0 bridgehead atoms. The molecule has 5 nitrogen and oxygen atoms in total. The minimum Gasteiger partial charge on any atom is -0.393 e. The molecule has 0 spiro atoms. The highest BCUT2D eigenvalue weighted by Crippen LogP contribution is 2.26. The smallest absolute Gasteiger partial charge is 0.190 e. The summed E-state index contributed by atoms with van der Waals surface area (Å²) in [4.78, 5) is 11.1. The molecule has 1 fully saturated rings. The average Bonchev–Trinajstić information content (AvgIpc) is 2.58. The lowest BCUT2D eigenvalue weighted by Crippen LogP contribution is -2.58. The molecule has 0 aromatic heterocycles. The van der Waals surface area contributed by atoms with Crippen LogP contribution in [0.4, 0.5) is 0 Å². The summed E-state index contributed by atoms with van der Waals surface area (Å²) >= 11 is 0. The molecule has 1 aromatic carbocycles. The largest absolute Gasteiger partial charge is 0.393 e. The van der Waals surface area contributed by atoms with E-state index in [0.29, 0.717) is 5.92 Å². The molecule has 0 atom stereocenters. The van der Waals surface area contributed by atoms with Gasteiger partial charge in [0.15, 0.2) is 6.29 Å². The first kappa shape index (κ1) is 17.3. The predicted octanol–water partition coefficient (Wildman–Crippen LogP) is 1.95. The summed E-state index contributed by atoms with van der Waals surface area (Å²) in [6, 6.07) is 8.81. The average molecular weight is 328 g/mol. The molecule has 5 heteroatoms. The van der Waals surface area contributed by atoms with E-state index in [1.807, 2.05) is 12.4 Å². The Hall–Kier alpha value is -1.56. The Kier molecular flexibility index (Phi) is 5.13. The fourth-order valence-electron chi connectivity index (χ4n) is 3.48. The molecule has 130 valence electrons. The quantitative estimate of drug-likeness (QED) is 0.887. The summed E-state index contributed by atoms with van der Waals surface area (Å²) in [6.45, 7) is 6.10. The first-order valence-corrected chi connectivity index (χ1v) is 8.85. The Morgan fingerprint density at radius 3 is 2.29 bits per heavy atom. The van der Waals surface area contributed by atoms with Crippen LogP contribution in [0.5, 0.6) is 0 Å². The van der Waals surface area contributed by atoms with Gasteiger partial charge in [-0.25, -0.2) is 0 Å². The van der Waals surface area contributed by atoms with Gasteiger partial charge >= 0.3 is 0 Å². The number of rotatable bonds is 4. The highest BCUT2D eigenvalue weighted by Gasteiger charge is 2.37. The van der Waals surface area contributed by atoms with Crippen molar-refractivity contribution in [1.82, 2.24) is 4.90 Å². The van der Waals surface area contributed by atoms with Gasteiger partial charge in [-0.1, -0.05) is 38.1 Å². The fraction of sp³-hybridized carbons (Fsp3) is 0.579. The molecule has 0 aliphatic carbocycles. The molecule has 24 heavy (non-hydrogen) atoms. The van der Waals surface area contributed by atoms with Crippen molar-refractivity contribution in [2.45, 2.75) is 57.0 Å². The van der Waals surface area contributed by atoms with Crippen molar-refractivity contribution in [3.8, 4) is 0 Å². The van der Waals surface area contributed by atoms with Crippen LogP contribution in [-0.2, 0) is 6.42 Å². The first-order chi connectivity index (χ1) is 11.5. The van der Waals surface area contributed by atoms with Crippen molar-refractivity contribution in [2.75, 3.05) is 13.1 Å². The molecule has 2 aliphatic heterocycles. The van der Waals surface area contributed by atoms with Crippen LogP contribution in [0.15, 0.2) is 34.3 Å². The second kappa shape index (κ2) is 7.13. The molecule has 3 N–H and O–H groups in total. The zero-order valence-corrected chi connectivity index (χ0v) is 14.6. The van der Waals surface area contributed by atoms with Crippen LogP contribution in [0.2, 0.25) is 0 Å². The molecule has 3 rings (SSSR count). The first-order valence-electron chi connectivity index (χ1n) is 8.85. The van der Waals surface area contributed by atoms with Gasteiger partial charge in [-0.05, 0) is 29.9 Å². The molecular formula is C19H28N4O. The maximum absolute atomic E-state index is 9.81. The minimum atomic E-state index is -0.489. The van der Waals surface area contributed by atoms with E-state index in [1.165, 1.54) is 11.1 Å². The van der Waals surface area contributed by atoms with E-state index in [-0.39, 0.29) is 11.6 Å². The number of nitrogens with zero attached hydrogens (tertiary/aromatic N) is 3. The van der Waals surface area contributed by atoms with Crippen LogP contribution in [0.3, 0.4) is 0 Å². The van der Waals surface area contributed by atoms with E-state index in [4.69, 9.17) is 5.73 Å². The number of nitrogens with two attached hydrogens (primary N) is 1. The van der Waals surface area contributed by atoms with Gasteiger partial charge in [-0.2, -0.15) is 0 Å². The van der Waals surface area contributed by atoms with Crippen LogP contribution in [0.25, 0.3) is 0 Å². The van der Waals surface area contributed by atoms with Crippen molar-refractivity contribution in [3.05, 3.63) is 35.4 Å². The van der Waals surface area contributed by atoms with Gasteiger partial charge in [0.05, 0.1) is 11.6 Å². The summed E-state index contributed by atoms with van der Waals surface area (Å²) in [6.07, 6.45) is 5.64. The van der Waals surface area contributed by atoms with Crippen molar-refractivity contribution in [2.24, 2.45) is 15.7 Å². The van der Waals surface area contributed by atoms with E-state index in [0.717, 1.165) is 32.4 Å². The van der Waals surface area contributed by atoms with Gasteiger partial charge in [-0.3, -0.25) is 20.6 Å². The summed E-state index contributed by atoms with van der Waals surface area (Å²) < 4.78 is 0. The number of aliphatic imine (C=N–C) groups is 2. The number of aliphatic hydroxyl groups excluding tert-OH is 1. The lowest BCUT2D eigenvalue weighted by Gasteiger charge is -2.43. The third-order valence-corrected chi connectivity index (χ3v) is 5.09. The van der Waals surface area contributed by atoms with Crippen molar-refractivity contribution in [1.29, 1.82) is 0 Å². The molecule has 0 unspecified atom stereocenters. The SMILES string of the molecule is CC(C)c1ccc(CC2(N3CCC(O)CC3)C=NC(N)N=C2)cc1. The van der Waals surface area contributed by atoms with Gasteiger partial charge in [-0.15, -0.1) is 0 Å². The maximum Gasteiger partial charge on any atom is 0.190 e. The zero-order chi connectivity index (χ0) is 17.2. The van der Waals surface area contributed by atoms with E-state index in [9.17, 15) is 5.11 Å². The summed E-state index contributed by atoms with van der Waals surface area (Å²) in [5.41, 5.74) is 8.07. The molecule has 0 amide bonds. The summed E-state index contributed by atoms with van der Waals surface area (Å²) in [7, 11) is 0. The van der Waals surface area contributed by atoms with Crippen LogP contribution < -0.4 is 5.73 Å². The second-order valence-electron chi connectivity index (χ2n) is 7.25. The number of benzene rings is 1. The topological polar surface area (TPSA) is 74.2 Å². The molecule has 0 saturated carbocycles. The third-order valence-electron chi connectivity index (χ3n) is 5.09. The highest BCUT2D eigenvalue weighted by atomic mass is 16.3. The van der Waals surface area contributed by atoms with Gasteiger partial charge in [0.1, 0.15) is 0 Å². The van der Waals surface area contributed by atoms with Gasteiger partial charge in [0.2, 0.25) is 0 Å². The van der Waals surface area contributed by atoms with Crippen LogP contribution in [0.1, 0.15) is 43.7 Å². The van der Waals surface area contributed by atoms with Crippen molar-refractivity contribution >= 4 is 12.4 Å². The van der Waals surface area contributed by atoms with E-state index in [1.54, 1.807) is 0 Å². The lowest BCUT2D eigenvalue weighted by atomic mass is 9.87. The molecular weight excluding hydrogens is 300 g/mol. The van der Waals surface area contributed by atoms with E-state index < -0.39 is 6.29 Å². The molecule has 1 aromatic rings. The summed E-state index contributed by atoms with van der Waals surface area (Å²) in [5.74, 6) is 0.535. The molecule has 2 heterocycles. The predicted molar refractivity (Wildman–Crippen MR) is 98.7 cm³/mol. The fourth-order valence-corrected chi connectivity index (χ4v) is 3.48.